The monoisotopic (exact) mass is 244 g/mol. The Kier molecular flexibility index (Phi) is 2.60. The first kappa shape index (κ1) is 11.0. The number of carbonyl (C=O) groups is 1. The lowest BCUT2D eigenvalue weighted by atomic mass is 10.1. The predicted octanol–water partition coefficient (Wildman–Crippen LogP) is 1.06. The average Bonchev–Trinajstić information content (AvgIpc) is 2.98. The molecule has 2 N–H and O–H groups in total. The number of hydrogen-bond donors (Lipinski definition) is 2. The lowest BCUT2D eigenvalue weighted by Gasteiger charge is -2.16. The Morgan fingerprint density at radius 1 is 1.39 bits per heavy atom. The van der Waals surface area contributed by atoms with Crippen LogP contribution in [0.4, 0.5) is 0 Å². The standard InChI is InChI=1S/C13H12N2O3/c16-11-7-8-3-1-2-4-9(8)12(11)14-13(17)10-5-6-18-15-10/h1-6,11-12,16H,7H2,(H,14,17). The van der Waals surface area contributed by atoms with E-state index in [1.54, 1.807) is 0 Å². The highest BCUT2D eigenvalue weighted by molar-refractivity contribution is 5.92. The van der Waals surface area contributed by atoms with Crippen molar-refractivity contribution in [3.8, 4) is 0 Å². The van der Waals surface area contributed by atoms with E-state index in [2.05, 4.69) is 15.0 Å². The van der Waals surface area contributed by atoms with Gasteiger partial charge >= 0.3 is 0 Å². The van der Waals surface area contributed by atoms with Crippen molar-refractivity contribution < 1.29 is 14.4 Å². The quantitative estimate of drug-likeness (QED) is 0.828. The van der Waals surface area contributed by atoms with Gasteiger partial charge in [0.1, 0.15) is 6.26 Å². The van der Waals surface area contributed by atoms with Gasteiger partial charge in [0, 0.05) is 12.5 Å². The molecule has 0 saturated carbocycles. The minimum atomic E-state index is -0.599. The number of rotatable bonds is 2. The maximum atomic E-state index is 11.9. The van der Waals surface area contributed by atoms with Crippen LogP contribution >= 0.6 is 0 Å². The Morgan fingerprint density at radius 3 is 3.00 bits per heavy atom. The molecule has 92 valence electrons. The zero-order chi connectivity index (χ0) is 12.5. The predicted molar refractivity (Wildman–Crippen MR) is 62.9 cm³/mol. The summed E-state index contributed by atoms with van der Waals surface area (Å²) in [5.74, 6) is -0.343. The topological polar surface area (TPSA) is 75.4 Å². The maximum Gasteiger partial charge on any atom is 0.274 e. The number of carbonyl (C=O) groups excluding carboxylic acids is 1. The zero-order valence-corrected chi connectivity index (χ0v) is 9.54. The van der Waals surface area contributed by atoms with Gasteiger partial charge in [0.2, 0.25) is 0 Å². The number of hydrogen-bond acceptors (Lipinski definition) is 4. The van der Waals surface area contributed by atoms with Gasteiger partial charge in [-0.1, -0.05) is 29.4 Å². The number of benzene rings is 1. The van der Waals surface area contributed by atoms with Crippen molar-refractivity contribution in [3.05, 3.63) is 53.4 Å². The molecule has 1 heterocycles. The highest BCUT2D eigenvalue weighted by Crippen LogP contribution is 2.31. The first-order valence-electron chi connectivity index (χ1n) is 5.73. The van der Waals surface area contributed by atoms with E-state index in [4.69, 9.17) is 0 Å². The molecule has 0 saturated heterocycles. The Bertz CT molecular complexity index is 565. The number of aliphatic hydroxyl groups excluding tert-OH is 1. The summed E-state index contributed by atoms with van der Waals surface area (Å²) in [6.07, 6.45) is 1.30. The van der Waals surface area contributed by atoms with E-state index >= 15 is 0 Å². The molecule has 5 nitrogen and oxygen atoms in total. The van der Waals surface area contributed by atoms with Crippen LogP contribution in [0, 0.1) is 0 Å². The third-order valence-corrected chi connectivity index (χ3v) is 3.16. The number of nitrogens with zero attached hydrogens (tertiary/aromatic N) is 1. The summed E-state index contributed by atoms with van der Waals surface area (Å²) in [7, 11) is 0. The van der Waals surface area contributed by atoms with Crippen molar-refractivity contribution in [1.29, 1.82) is 0 Å². The summed E-state index contributed by atoms with van der Waals surface area (Å²) < 4.78 is 4.62. The van der Waals surface area contributed by atoms with E-state index in [1.165, 1.54) is 12.3 Å². The molecular weight excluding hydrogens is 232 g/mol. The van der Waals surface area contributed by atoms with Gasteiger partial charge < -0.3 is 14.9 Å². The molecular formula is C13H12N2O3. The molecule has 2 unspecified atom stereocenters. The molecule has 2 atom stereocenters. The minimum absolute atomic E-state index is 0.214. The fourth-order valence-electron chi connectivity index (χ4n) is 2.29. The Balaban J connectivity index is 1.83. The highest BCUT2D eigenvalue weighted by atomic mass is 16.5. The Hall–Kier alpha value is -2.14. The molecule has 0 fully saturated rings. The molecule has 0 spiro atoms. The lowest BCUT2D eigenvalue weighted by molar-refractivity contribution is 0.0849. The Labute approximate surface area is 103 Å². The fraction of sp³-hybridized carbons (Fsp3) is 0.231. The summed E-state index contributed by atoms with van der Waals surface area (Å²) in [6.45, 7) is 0. The zero-order valence-electron chi connectivity index (χ0n) is 9.54. The molecule has 1 aliphatic carbocycles. The minimum Gasteiger partial charge on any atom is -0.390 e. The van der Waals surface area contributed by atoms with Crippen LogP contribution < -0.4 is 5.32 Å². The molecule has 1 aliphatic rings. The summed E-state index contributed by atoms with van der Waals surface area (Å²) in [4.78, 5) is 11.9. The van der Waals surface area contributed by atoms with Gasteiger partial charge in [-0.05, 0) is 11.1 Å². The first-order chi connectivity index (χ1) is 8.75. The van der Waals surface area contributed by atoms with Crippen LogP contribution in [0.3, 0.4) is 0 Å². The molecule has 1 aromatic heterocycles. The van der Waals surface area contributed by atoms with Crippen molar-refractivity contribution in [2.75, 3.05) is 0 Å². The summed E-state index contributed by atoms with van der Waals surface area (Å²) >= 11 is 0. The van der Waals surface area contributed by atoms with Crippen LogP contribution in [-0.2, 0) is 6.42 Å². The van der Waals surface area contributed by atoms with Gasteiger partial charge in [0.25, 0.3) is 5.91 Å². The Morgan fingerprint density at radius 2 is 2.22 bits per heavy atom. The van der Waals surface area contributed by atoms with Crippen molar-refractivity contribution in [2.24, 2.45) is 0 Å². The largest absolute Gasteiger partial charge is 0.390 e. The van der Waals surface area contributed by atoms with Crippen LogP contribution in [0.5, 0.6) is 0 Å². The number of aromatic nitrogens is 1. The molecule has 3 rings (SSSR count). The molecule has 5 heteroatoms. The second-order valence-corrected chi connectivity index (χ2v) is 4.31. The molecule has 2 aromatic rings. The van der Waals surface area contributed by atoms with E-state index in [-0.39, 0.29) is 17.6 Å². The van der Waals surface area contributed by atoms with E-state index in [0.717, 1.165) is 11.1 Å². The van der Waals surface area contributed by atoms with Gasteiger partial charge in [0.05, 0.1) is 12.1 Å². The summed E-state index contributed by atoms with van der Waals surface area (Å²) in [5.41, 5.74) is 2.24. The normalized spacial score (nSPS) is 21.6. The van der Waals surface area contributed by atoms with Crippen molar-refractivity contribution >= 4 is 5.91 Å². The second kappa shape index (κ2) is 4.27. The highest BCUT2D eigenvalue weighted by Gasteiger charge is 2.32. The summed E-state index contributed by atoms with van der Waals surface area (Å²) in [6, 6.07) is 8.80. The van der Waals surface area contributed by atoms with Crippen molar-refractivity contribution in [1.82, 2.24) is 10.5 Å². The molecule has 18 heavy (non-hydrogen) atoms. The van der Waals surface area contributed by atoms with Crippen molar-refractivity contribution in [3.63, 3.8) is 0 Å². The third-order valence-electron chi connectivity index (χ3n) is 3.16. The number of fused-ring (bicyclic) bond motifs is 1. The number of nitrogens with one attached hydrogen (secondary N) is 1. The van der Waals surface area contributed by atoms with Crippen LogP contribution in [0.15, 0.2) is 41.1 Å². The van der Waals surface area contributed by atoms with Gasteiger partial charge in [-0.2, -0.15) is 0 Å². The van der Waals surface area contributed by atoms with Gasteiger partial charge in [-0.25, -0.2) is 0 Å². The number of amides is 1. The average molecular weight is 244 g/mol. The molecule has 0 aliphatic heterocycles. The number of aliphatic hydroxyl groups is 1. The molecule has 0 radical (unpaired) electrons. The fourth-order valence-corrected chi connectivity index (χ4v) is 2.29. The summed E-state index contributed by atoms with van der Waals surface area (Å²) in [5, 5.41) is 16.3. The third kappa shape index (κ3) is 1.78. The van der Waals surface area contributed by atoms with E-state index in [0.29, 0.717) is 6.42 Å². The van der Waals surface area contributed by atoms with Gasteiger partial charge in [-0.15, -0.1) is 0 Å². The molecule has 1 aromatic carbocycles. The van der Waals surface area contributed by atoms with Crippen LogP contribution in [0.25, 0.3) is 0 Å². The van der Waals surface area contributed by atoms with Gasteiger partial charge in [0.15, 0.2) is 5.69 Å². The van der Waals surface area contributed by atoms with E-state index < -0.39 is 6.10 Å². The maximum absolute atomic E-state index is 11.9. The SMILES string of the molecule is O=C(NC1c2ccccc2CC1O)c1ccon1. The van der Waals surface area contributed by atoms with E-state index in [1.807, 2.05) is 24.3 Å². The second-order valence-electron chi connectivity index (χ2n) is 4.31. The first-order valence-corrected chi connectivity index (χ1v) is 5.73. The molecule has 0 bridgehead atoms. The van der Waals surface area contributed by atoms with Crippen molar-refractivity contribution in [2.45, 2.75) is 18.6 Å². The van der Waals surface area contributed by atoms with Crippen LogP contribution in [0.2, 0.25) is 0 Å². The van der Waals surface area contributed by atoms with E-state index in [9.17, 15) is 9.90 Å². The molecule has 1 amide bonds. The van der Waals surface area contributed by atoms with Crippen LogP contribution in [0.1, 0.15) is 27.7 Å². The van der Waals surface area contributed by atoms with Gasteiger partial charge in [-0.3, -0.25) is 4.79 Å². The smallest absolute Gasteiger partial charge is 0.274 e. The lowest BCUT2D eigenvalue weighted by Crippen LogP contribution is -2.34. The van der Waals surface area contributed by atoms with Crippen LogP contribution in [-0.4, -0.2) is 22.3 Å².